The minimum absolute atomic E-state index is 0.0743. The number of anilines is 2. The number of carbonyl (C=O) groups excluding carboxylic acids is 2. The average Bonchev–Trinajstić information content (AvgIpc) is 3.03. The standard InChI is InChI=1S/C20H22N4O2/c1-14(25)24-17-6-4-5-16(11-17)22-13-20(26)21-10-9-15-12-23-19-8-3-2-7-18(15)19/h2-8,11-12,22-23H,9-10,13H2,1H3,(H,21,26)(H,24,25). The number of para-hydroxylation sites is 1. The Hall–Kier alpha value is -3.28. The van der Waals surface area contributed by atoms with Crippen LogP contribution in [-0.4, -0.2) is 29.9 Å². The predicted molar refractivity (Wildman–Crippen MR) is 104 cm³/mol. The molecule has 0 aliphatic heterocycles. The second-order valence-electron chi connectivity index (χ2n) is 6.07. The van der Waals surface area contributed by atoms with Crippen LogP contribution in [0.4, 0.5) is 11.4 Å². The quantitative estimate of drug-likeness (QED) is 0.528. The van der Waals surface area contributed by atoms with Gasteiger partial charge in [0.25, 0.3) is 0 Å². The van der Waals surface area contributed by atoms with Crippen LogP contribution in [0, 0.1) is 0 Å². The summed E-state index contributed by atoms with van der Waals surface area (Å²) in [7, 11) is 0. The summed E-state index contributed by atoms with van der Waals surface area (Å²) in [5.41, 5.74) is 3.77. The van der Waals surface area contributed by atoms with E-state index in [4.69, 9.17) is 0 Å². The van der Waals surface area contributed by atoms with E-state index in [0.717, 1.165) is 17.6 Å². The van der Waals surface area contributed by atoms with Crippen LogP contribution in [0.15, 0.2) is 54.7 Å². The molecule has 3 aromatic rings. The van der Waals surface area contributed by atoms with E-state index in [-0.39, 0.29) is 18.4 Å². The van der Waals surface area contributed by atoms with Crippen molar-refractivity contribution in [3.05, 3.63) is 60.3 Å². The fourth-order valence-electron chi connectivity index (χ4n) is 2.83. The van der Waals surface area contributed by atoms with Crippen molar-refractivity contribution < 1.29 is 9.59 Å². The zero-order valence-electron chi connectivity index (χ0n) is 14.6. The van der Waals surface area contributed by atoms with E-state index < -0.39 is 0 Å². The van der Waals surface area contributed by atoms with Crippen LogP contribution in [0.1, 0.15) is 12.5 Å². The summed E-state index contributed by atoms with van der Waals surface area (Å²) < 4.78 is 0. The van der Waals surface area contributed by atoms with Gasteiger partial charge in [0, 0.05) is 41.9 Å². The number of aromatic amines is 1. The molecule has 2 amide bonds. The SMILES string of the molecule is CC(=O)Nc1cccc(NCC(=O)NCCc2c[nH]c3ccccc23)c1. The number of hydrogen-bond acceptors (Lipinski definition) is 3. The third kappa shape index (κ3) is 4.63. The summed E-state index contributed by atoms with van der Waals surface area (Å²) in [6, 6.07) is 15.4. The molecule has 6 heteroatoms. The highest BCUT2D eigenvalue weighted by molar-refractivity contribution is 5.89. The van der Waals surface area contributed by atoms with Gasteiger partial charge in [0.15, 0.2) is 0 Å². The molecule has 0 spiro atoms. The lowest BCUT2D eigenvalue weighted by atomic mass is 10.1. The molecular weight excluding hydrogens is 328 g/mol. The van der Waals surface area contributed by atoms with Crippen molar-refractivity contribution in [2.75, 3.05) is 23.7 Å². The molecule has 0 unspecified atom stereocenters. The zero-order valence-corrected chi connectivity index (χ0v) is 14.6. The van der Waals surface area contributed by atoms with Crippen LogP contribution >= 0.6 is 0 Å². The molecular formula is C20H22N4O2. The zero-order chi connectivity index (χ0) is 18.4. The minimum Gasteiger partial charge on any atom is -0.376 e. The van der Waals surface area contributed by atoms with Gasteiger partial charge in [-0.05, 0) is 36.2 Å². The molecule has 0 aliphatic rings. The highest BCUT2D eigenvalue weighted by atomic mass is 16.2. The van der Waals surface area contributed by atoms with Crippen molar-refractivity contribution in [2.24, 2.45) is 0 Å². The molecule has 26 heavy (non-hydrogen) atoms. The van der Waals surface area contributed by atoms with Crippen LogP contribution in [0.3, 0.4) is 0 Å². The number of amides is 2. The van der Waals surface area contributed by atoms with Gasteiger partial charge < -0.3 is 20.9 Å². The topological polar surface area (TPSA) is 86.0 Å². The molecule has 4 N–H and O–H groups in total. The maximum Gasteiger partial charge on any atom is 0.239 e. The number of carbonyl (C=O) groups is 2. The van der Waals surface area contributed by atoms with E-state index in [9.17, 15) is 9.59 Å². The molecule has 1 aromatic heterocycles. The van der Waals surface area contributed by atoms with Gasteiger partial charge in [-0.3, -0.25) is 9.59 Å². The number of hydrogen-bond donors (Lipinski definition) is 4. The van der Waals surface area contributed by atoms with Gasteiger partial charge in [-0.2, -0.15) is 0 Å². The Kier molecular flexibility index (Phi) is 5.53. The first-order valence-electron chi connectivity index (χ1n) is 8.55. The summed E-state index contributed by atoms with van der Waals surface area (Å²) in [6.45, 7) is 2.22. The van der Waals surface area contributed by atoms with Crippen LogP contribution in [0.25, 0.3) is 10.9 Å². The van der Waals surface area contributed by atoms with Crippen molar-refractivity contribution >= 4 is 34.1 Å². The molecule has 1 heterocycles. The van der Waals surface area contributed by atoms with Gasteiger partial charge >= 0.3 is 0 Å². The highest BCUT2D eigenvalue weighted by Gasteiger charge is 2.05. The molecule has 0 saturated carbocycles. The number of benzene rings is 2. The number of H-pyrrole nitrogens is 1. The Labute approximate surface area is 152 Å². The number of nitrogens with one attached hydrogen (secondary N) is 4. The molecule has 0 aliphatic carbocycles. The fourth-order valence-corrected chi connectivity index (χ4v) is 2.83. The normalized spacial score (nSPS) is 10.5. The maximum atomic E-state index is 12.0. The van der Waals surface area contributed by atoms with E-state index in [1.807, 2.05) is 36.5 Å². The summed E-state index contributed by atoms with van der Waals surface area (Å²) in [4.78, 5) is 26.3. The van der Waals surface area contributed by atoms with Crippen molar-refractivity contribution in [1.29, 1.82) is 0 Å². The van der Waals surface area contributed by atoms with Gasteiger partial charge in [0.1, 0.15) is 0 Å². The summed E-state index contributed by atoms with van der Waals surface area (Å²) in [5.74, 6) is -0.202. The van der Waals surface area contributed by atoms with Crippen LogP contribution in [0.5, 0.6) is 0 Å². The Morgan fingerprint density at radius 3 is 2.69 bits per heavy atom. The number of aromatic nitrogens is 1. The second-order valence-corrected chi connectivity index (χ2v) is 6.07. The lowest BCUT2D eigenvalue weighted by molar-refractivity contribution is -0.119. The molecule has 0 saturated heterocycles. The Bertz CT molecular complexity index is 917. The van der Waals surface area contributed by atoms with Crippen LogP contribution in [0.2, 0.25) is 0 Å². The van der Waals surface area contributed by atoms with Crippen molar-refractivity contribution in [1.82, 2.24) is 10.3 Å². The van der Waals surface area contributed by atoms with Crippen molar-refractivity contribution in [3.63, 3.8) is 0 Å². The second kappa shape index (κ2) is 8.20. The van der Waals surface area contributed by atoms with Gasteiger partial charge in [-0.25, -0.2) is 0 Å². The minimum atomic E-state index is -0.128. The van der Waals surface area contributed by atoms with E-state index in [1.165, 1.54) is 17.9 Å². The van der Waals surface area contributed by atoms with Crippen molar-refractivity contribution in [2.45, 2.75) is 13.3 Å². The third-order valence-electron chi connectivity index (χ3n) is 4.03. The average molecular weight is 350 g/mol. The van der Waals surface area contributed by atoms with Crippen LogP contribution in [-0.2, 0) is 16.0 Å². The highest BCUT2D eigenvalue weighted by Crippen LogP contribution is 2.17. The molecule has 0 radical (unpaired) electrons. The lowest BCUT2D eigenvalue weighted by Gasteiger charge is -2.09. The Morgan fingerprint density at radius 2 is 1.85 bits per heavy atom. The molecule has 0 fully saturated rings. The van der Waals surface area contributed by atoms with Crippen LogP contribution < -0.4 is 16.0 Å². The smallest absolute Gasteiger partial charge is 0.239 e. The number of rotatable bonds is 7. The largest absolute Gasteiger partial charge is 0.376 e. The monoisotopic (exact) mass is 350 g/mol. The first-order chi connectivity index (χ1) is 12.6. The van der Waals surface area contributed by atoms with Gasteiger partial charge in [0.2, 0.25) is 11.8 Å². The number of fused-ring (bicyclic) bond motifs is 1. The Morgan fingerprint density at radius 1 is 1.04 bits per heavy atom. The fraction of sp³-hybridized carbons (Fsp3) is 0.200. The summed E-state index contributed by atoms with van der Waals surface area (Å²) in [5, 5.41) is 9.88. The van der Waals surface area contributed by atoms with Gasteiger partial charge in [-0.15, -0.1) is 0 Å². The summed E-state index contributed by atoms with van der Waals surface area (Å²) in [6.07, 6.45) is 2.76. The maximum absolute atomic E-state index is 12.0. The summed E-state index contributed by atoms with van der Waals surface area (Å²) >= 11 is 0. The molecule has 6 nitrogen and oxygen atoms in total. The molecule has 134 valence electrons. The van der Waals surface area contributed by atoms with E-state index in [1.54, 1.807) is 12.1 Å². The van der Waals surface area contributed by atoms with E-state index in [2.05, 4.69) is 27.0 Å². The third-order valence-corrected chi connectivity index (χ3v) is 4.03. The molecule has 0 bridgehead atoms. The Balaban J connectivity index is 1.45. The molecule has 3 rings (SSSR count). The van der Waals surface area contributed by atoms with E-state index in [0.29, 0.717) is 12.2 Å². The van der Waals surface area contributed by atoms with Gasteiger partial charge in [0.05, 0.1) is 6.54 Å². The molecule has 0 atom stereocenters. The first kappa shape index (κ1) is 17.5. The van der Waals surface area contributed by atoms with Gasteiger partial charge in [-0.1, -0.05) is 24.3 Å². The first-order valence-corrected chi connectivity index (χ1v) is 8.55. The predicted octanol–water partition coefficient (Wildman–Crippen LogP) is 2.90. The molecule has 2 aromatic carbocycles. The van der Waals surface area contributed by atoms with Crippen molar-refractivity contribution in [3.8, 4) is 0 Å². The van der Waals surface area contributed by atoms with E-state index >= 15 is 0 Å². The lowest BCUT2D eigenvalue weighted by Crippen LogP contribution is -2.31.